The zero-order chi connectivity index (χ0) is 16.6. The van der Waals surface area contributed by atoms with Gasteiger partial charge in [0.2, 0.25) is 21.3 Å². The molecule has 21 heavy (non-hydrogen) atoms. The molecule has 0 aliphatic rings. The number of benzene rings is 1. The van der Waals surface area contributed by atoms with E-state index in [0.717, 1.165) is 0 Å². The molecule has 0 amide bonds. The molecule has 1 aromatic rings. The Morgan fingerprint density at radius 1 is 0.952 bits per heavy atom. The summed E-state index contributed by atoms with van der Waals surface area (Å²) in [7, 11) is -7.71. The van der Waals surface area contributed by atoms with E-state index in [-0.39, 0.29) is 9.79 Å². The van der Waals surface area contributed by atoms with Crippen molar-refractivity contribution < 1.29 is 16.8 Å². The summed E-state index contributed by atoms with van der Waals surface area (Å²) in [6, 6.07) is 2.50. The fraction of sp³-hybridized carbons (Fsp3) is 0.455. The monoisotopic (exact) mass is 525 g/mol. The Bertz CT molecular complexity index is 752. The van der Waals surface area contributed by atoms with Crippen LogP contribution in [0.3, 0.4) is 0 Å². The maximum atomic E-state index is 12.5. The second-order valence-electron chi connectivity index (χ2n) is 4.22. The minimum atomic E-state index is -3.91. The van der Waals surface area contributed by atoms with E-state index in [9.17, 15) is 16.8 Å². The van der Waals surface area contributed by atoms with E-state index < -0.39 is 21.3 Å². The van der Waals surface area contributed by atoms with Crippen LogP contribution in [0.4, 0.5) is 0 Å². The van der Waals surface area contributed by atoms with Crippen LogP contribution in [-0.4, -0.2) is 18.3 Å². The fourth-order valence-corrected chi connectivity index (χ4v) is 5.59. The minimum absolute atomic E-state index is 0.0369. The third-order valence-corrected chi connectivity index (χ3v) is 9.36. The third kappa shape index (κ3) is 3.89. The van der Waals surface area contributed by atoms with Crippen LogP contribution < -0.4 is 5.14 Å². The number of rotatable bonds is 4. The number of sulfonamides is 1. The van der Waals surface area contributed by atoms with Gasteiger partial charge in [0.05, 0.1) is 9.79 Å². The molecule has 120 valence electrons. The van der Waals surface area contributed by atoms with Crippen LogP contribution in [0.25, 0.3) is 0 Å². The van der Waals surface area contributed by atoms with Gasteiger partial charge in [-0.15, -0.1) is 0 Å². The predicted octanol–water partition coefficient (Wildman–Crippen LogP) is 3.03. The van der Waals surface area contributed by atoms with Crippen LogP contribution in [-0.2, 0) is 32.7 Å². The molecule has 1 rings (SSSR count). The largest absolute Gasteiger partial charge is 0.239 e. The number of primary sulfonamides is 1. The molecule has 0 fully saturated rings. The van der Waals surface area contributed by atoms with Gasteiger partial charge in [-0.2, -0.15) is 0 Å². The van der Waals surface area contributed by atoms with Crippen LogP contribution in [0.2, 0.25) is 0 Å². The molecule has 0 atom stereocenters. The van der Waals surface area contributed by atoms with Gasteiger partial charge in [0.25, 0.3) is 0 Å². The number of hydrogen-bond acceptors (Lipinski definition) is 4. The smallest absolute Gasteiger partial charge is 0.225 e. The van der Waals surface area contributed by atoms with E-state index in [1.165, 1.54) is 12.1 Å². The number of sulfone groups is 1. The van der Waals surface area contributed by atoms with Gasteiger partial charge >= 0.3 is 0 Å². The van der Waals surface area contributed by atoms with Crippen LogP contribution in [0, 0.1) is 0 Å². The van der Waals surface area contributed by atoms with Gasteiger partial charge in [-0.25, -0.2) is 22.0 Å². The Kier molecular flexibility index (Phi) is 6.11. The van der Waals surface area contributed by atoms with E-state index in [1.807, 2.05) is 0 Å². The molecule has 0 bridgehead atoms. The Morgan fingerprint density at radius 2 is 1.33 bits per heavy atom. The summed E-state index contributed by atoms with van der Waals surface area (Å²) in [5, 5.41) is 5.20. The summed E-state index contributed by atoms with van der Waals surface area (Å²) < 4.78 is 46.8. The van der Waals surface area contributed by atoms with Crippen molar-refractivity contribution in [1.29, 1.82) is 0 Å². The maximum Gasteiger partial charge on any atom is 0.239 e. The van der Waals surface area contributed by atoms with E-state index in [1.54, 1.807) is 13.8 Å². The van der Waals surface area contributed by atoms with E-state index in [2.05, 4.69) is 47.8 Å². The number of alkyl halides is 3. The molecular formula is C11H14Br3NO4S2. The van der Waals surface area contributed by atoms with E-state index in [0.29, 0.717) is 24.0 Å². The Labute approximate surface area is 150 Å². The second-order valence-corrected chi connectivity index (χ2v) is 16.1. The van der Waals surface area contributed by atoms with Crippen LogP contribution >= 0.6 is 47.8 Å². The van der Waals surface area contributed by atoms with Crippen LogP contribution in [0.15, 0.2) is 21.9 Å². The van der Waals surface area contributed by atoms with E-state index >= 15 is 0 Å². The van der Waals surface area contributed by atoms with Gasteiger partial charge < -0.3 is 0 Å². The molecule has 1 aromatic carbocycles. The van der Waals surface area contributed by atoms with E-state index in [4.69, 9.17) is 5.14 Å². The molecule has 0 spiro atoms. The lowest BCUT2D eigenvalue weighted by Gasteiger charge is -2.20. The van der Waals surface area contributed by atoms with Gasteiger partial charge in [0.1, 0.15) is 0 Å². The summed E-state index contributed by atoms with van der Waals surface area (Å²) in [4.78, 5) is 0.0185. The van der Waals surface area contributed by atoms with Gasteiger partial charge in [-0.3, -0.25) is 0 Å². The van der Waals surface area contributed by atoms with Crippen molar-refractivity contribution >= 4 is 67.7 Å². The first-order chi connectivity index (χ1) is 9.37. The lowest BCUT2D eigenvalue weighted by atomic mass is 10.0. The molecule has 0 aromatic heterocycles. The SMILES string of the molecule is CCc1c(S(N)(=O)=O)ccc(S(=O)(=O)C(Br)(Br)Br)c1CC. The lowest BCUT2D eigenvalue weighted by Crippen LogP contribution is -2.22. The van der Waals surface area contributed by atoms with Crippen molar-refractivity contribution in [3.8, 4) is 0 Å². The predicted molar refractivity (Wildman–Crippen MR) is 93.3 cm³/mol. The number of nitrogens with two attached hydrogens (primary N) is 1. The first kappa shape index (κ1) is 19.6. The Hall–Kier alpha value is 0.520. The van der Waals surface area contributed by atoms with Gasteiger partial charge in [0.15, 0.2) is 0 Å². The molecule has 0 radical (unpaired) electrons. The van der Waals surface area contributed by atoms with Crippen molar-refractivity contribution in [2.24, 2.45) is 5.14 Å². The first-order valence-electron chi connectivity index (χ1n) is 5.86. The molecule has 0 aliphatic carbocycles. The minimum Gasteiger partial charge on any atom is -0.225 e. The summed E-state index contributed by atoms with van der Waals surface area (Å²) in [5.41, 5.74) is 0.879. The molecule has 10 heteroatoms. The fourth-order valence-electron chi connectivity index (χ4n) is 2.07. The molecule has 5 nitrogen and oxygen atoms in total. The number of hydrogen-bond donors (Lipinski definition) is 1. The first-order valence-corrected chi connectivity index (χ1v) is 11.3. The summed E-state index contributed by atoms with van der Waals surface area (Å²) in [6.07, 6.45) is 0.725. The average molecular weight is 528 g/mol. The summed E-state index contributed by atoms with van der Waals surface area (Å²) in [5.74, 6) is 0. The average Bonchev–Trinajstić information content (AvgIpc) is 2.34. The van der Waals surface area contributed by atoms with Crippen molar-refractivity contribution in [3.63, 3.8) is 0 Å². The Morgan fingerprint density at radius 3 is 1.67 bits per heavy atom. The zero-order valence-corrected chi connectivity index (χ0v) is 17.6. The van der Waals surface area contributed by atoms with Gasteiger partial charge in [-0.1, -0.05) is 13.8 Å². The van der Waals surface area contributed by atoms with Crippen molar-refractivity contribution in [2.75, 3.05) is 0 Å². The van der Waals surface area contributed by atoms with Crippen LogP contribution in [0.1, 0.15) is 25.0 Å². The van der Waals surface area contributed by atoms with Crippen molar-refractivity contribution in [2.45, 2.75) is 38.0 Å². The molecule has 0 aliphatic heterocycles. The highest BCUT2D eigenvalue weighted by molar-refractivity contribution is 9.42. The third-order valence-electron chi connectivity index (χ3n) is 2.95. The molecular weight excluding hydrogens is 514 g/mol. The highest BCUT2D eigenvalue weighted by Crippen LogP contribution is 2.44. The van der Waals surface area contributed by atoms with Gasteiger partial charge in [0, 0.05) is 0 Å². The maximum absolute atomic E-state index is 12.5. The second kappa shape index (κ2) is 6.56. The molecule has 0 saturated heterocycles. The van der Waals surface area contributed by atoms with Crippen LogP contribution in [0.5, 0.6) is 0 Å². The zero-order valence-electron chi connectivity index (χ0n) is 11.2. The summed E-state index contributed by atoms with van der Waals surface area (Å²) >= 11 is 9.02. The number of halogens is 3. The topological polar surface area (TPSA) is 94.3 Å². The highest BCUT2D eigenvalue weighted by Gasteiger charge is 2.39. The molecule has 2 N–H and O–H groups in total. The Balaban J connectivity index is 3.84. The lowest BCUT2D eigenvalue weighted by molar-refractivity contribution is 0.592. The van der Waals surface area contributed by atoms with Gasteiger partial charge in [-0.05, 0) is 83.9 Å². The quantitative estimate of drug-likeness (QED) is 0.609. The standard InChI is InChI=1S/C11H14Br3NO4S2/c1-3-7-8(4-2)10(21(15,18)19)6-5-9(7)20(16,17)11(12,13)14/h5-6H,3-4H2,1-2H3,(H2,15,18,19). The highest BCUT2D eigenvalue weighted by atomic mass is 80.0. The van der Waals surface area contributed by atoms with Crippen molar-refractivity contribution in [3.05, 3.63) is 23.3 Å². The summed E-state index contributed by atoms with van der Waals surface area (Å²) in [6.45, 7) is 3.52. The molecule has 0 saturated carbocycles. The molecule has 0 unspecified atom stereocenters. The molecule has 0 heterocycles. The normalized spacial score (nSPS) is 13.4. The van der Waals surface area contributed by atoms with Crippen molar-refractivity contribution in [1.82, 2.24) is 0 Å².